The predicted molar refractivity (Wildman–Crippen MR) is 37.4 cm³/mol. The molecule has 1 N–H and O–H groups in total. The number of hydrogen-bond acceptors (Lipinski definition) is 3. The van der Waals surface area contributed by atoms with Crippen LogP contribution in [-0.2, 0) is 9.59 Å². The first-order valence-corrected chi connectivity index (χ1v) is 3.34. The number of carboxylic acid groups (broad SMARTS) is 1. The van der Waals surface area contributed by atoms with Gasteiger partial charge in [0.05, 0.1) is 6.54 Å². The fourth-order valence-electron chi connectivity index (χ4n) is 0.914. The zero-order valence-electron chi connectivity index (χ0n) is 6.48. The topological polar surface area (TPSA) is 77.9 Å². The standard InChI is InChI=1S/C6H8N2O4/c1-7-2-3-8(6(11)12)5(10)4(7)9/h2-3H2,1H3,(H,11,12). The lowest BCUT2D eigenvalue weighted by atomic mass is 10.3. The molecular formula is C6H8N2O4. The summed E-state index contributed by atoms with van der Waals surface area (Å²) in [5, 5.41) is 8.45. The van der Waals surface area contributed by atoms with Crippen molar-refractivity contribution < 1.29 is 19.5 Å². The fourth-order valence-corrected chi connectivity index (χ4v) is 0.914. The van der Waals surface area contributed by atoms with Crippen LogP contribution >= 0.6 is 0 Å². The summed E-state index contributed by atoms with van der Waals surface area (Å²) in [5.74, 6) is -1.75. The van der Waals surface area contributed by atoms with Gasteiger partial charge in [0, 0.05) is 13.6 Å². The lowest BCUT2D eigenvalue weighted by molar-refractivity contribution is -0.153. The molecule has 0 aromatic heterocycles. The van der Waals surface area contributed by atoms with Gasteiger partial charge in [0.1, 0.15) is 0 Å². The average molecular weight is 172 g/mol. The van der Waals surface area contributed by atoms with E-state index in [0.29, 0.717) is 4.90 Å². The highest BCUT2D eigenvalue weighted by Gasteiger charge is 2.33. The van der Waals surface area contributed by atoms with Gasteiger partial charge in [-0.3, -0.25) is 9.59 Å². The summed E-state index contributed by atoms with van der Waals surface area (Å²) in [5.41, 5.74) is 0. The summed E-state index contributed by atoms with van der Waals surface area (Å²) in [4.78, 5) is 33.9. The smallest absolute Gasteiger partial charge is 0.414 e. The highest BCUT2D eigenvalue weighted by atomic mass is 16.4. The summed E-state index contributed by atoms with van der Waals surface area (Å²) >= 11 is 0. The molecule has 0 bridgehead atoms. The molecular weight excluding hydrogens is 164 g/mol. The molecule has 3 amide bonds. The highest BCUT2D eigenvalue weighted by molar-refractivity contribution is 6.37. The van der Waals surface area contributed by atoms with Crippen LogP contribution in [-0.4, -0.2) is 53.0 Å². The van der Waals surface area contributed by atoms with Crippen molar-refractivity contribution in [1.29, 1.82) is 0 Å². The van der Waals surface area contributed by atoms with Gasteiger partial charge in [-0.25, -0.2) is 9.69 Å². The number of carbonyl (C=O) groups is 3. The van der Waals surface area contributed by atoms with Crippen LogP contribution in [0.1, 0.15) is 0 Å². The van der Waals surface area contributed by atoms with E-state index in [1.165, 1.54) is 11.9 Å². The molecule has 1 aliphatic heterocycles. The Hall–Kier alpha value is -1.59. The molecule has 0 aliphatic carbocycles. The van der Waals surface area contributed by atoms with Crippen molar-refractivity contribution in [3.8, 4) is 0 Å². The molecule has 6 nitrogen and oxygen atoms in total. The van der Waals surface area contributed by atoms with Gasteiger partial charge in [-0.1, -0.05) is 0 Å². The first-order valence-electron chi connectivity index (χ1n) is 3.34. The second kappa shape index (κ2) is 2.80. The Morgan fingerprint density at radius 2 is 1.92 bits per heavy atom. The Balaban J connectivity index is 2.79. The van der Waals surface area contributed by atoms with Crippen molar-refractivity contribution in [2.45, 2.75) is 0 Å². The van der Waals surface area contributed by atoms with Crippen LogP contribution in [0.25, 0.3) is 0 Å². The molecule has 6 heteroatoms. The highest BCUT2D eigenvalue weighted by Crippen LogP contribution is 2.02. The molecule has 0 unspecified atom stereocenters. The van der Waals surface area contributed by atoms with Gasteiger partial charge in [0.25, 0.3) is 0 Å². The normalized spacial score (nSPS) is 18.4. The van der Waals surface area contributed by atoms with E-state index < -0.39 is 17.9 Å². The summed E-state index contributed by atoms with van der Waals surface area (Å²) in [6.07, 6.45) is -1.37. The predicted octanol–water partition coefficient (Wildman–Crippen LogP) is -1.03. The minimum absolute atomic E-state index is 0.0520. The SMILES string of the molecule is CN1CCN(C(=O)O)C(=O)C1=O. The van der Waals surface area contributed by atoms with Crippen LogP contribution in [0.5, 0.6) is 0 Å². The van der Waals surface area contributed by atoms with Gasteiger partial charge in [-0.15, -0.1) is 0 Å². The monoisotopic (exact) mass is 172 g/mol. The van der Waals surface area contributed by atoms with Crippen LogP contribution < -0.4 is 0 Å². The quantitative estimate of drug-likeness (QED) is 0.473. The minimum atomic E-state index is -1.37. The first kappa shape index (κ1) is 8.51. The largest absolute Gasteiger partial charge is 0.465 e. The summed E-state index contributed by atoms with van der Waals surface area (Å²) < 4.78 is 0. The van der Waals surface area contributed by atoms with E-state index >= 15 is 0 Å². The van der Waals surface area contributed by atoms with Crippen LogP contribution in [0, 0.1) is 0 Å². The van der Waals surface area contributed by atoms with Gasteiger partial charge < -0.3 is 10.0 Å². The first-order chi connectivity index (χ1) is 5.54. The summed E-state index contributed by atoms with van der Waals surface area (Å²) in [7, 11) is 1.46. The van der Waals surface area contributed by atoms with Gasteiger partial charge in [-0.05, 0) is 0 Å². The number of rotatable bonds is 0. The number of nitrogens with zero attached hydrogens (tertiary/aromatic N) is 2. The van der Waals surface area contributed by atoms with Crippen LogP contribution in [0.2, 0.25) is 0 Å². The van der Waals surface area contributed by atoms with Crippen LogP contribution in [0.4, 0.5) is 4.79 Å². The van der Waals surface area contributed by atoms with E-state index in [4.69, 9.17) is 5.11 Å². The second-order valence-electron chi connectivity index (χ2n) is 2.47. The third-order valence-electron chi connectivity index (χ3n) is 1.66. The van der Waals surface area contributed by atoms with E-state index in [1.807, 2.05) is 0 Å². The van der Waals surface area contributed by atoms with Gasteiger partial charge in [-0.2, -0.15) is 0 Å². The molecule has 0 radical (unpaired) electrons. The van der Waals surface area contributed by atoms with Crippen molar-refractivity contribution in [2.75, 3.05) is 20.1 Å². The van der Waals surface area contributed by atoms with Gasteiger partial charge >= 0.3 is 17.9 Å². The Labute approximate surface area is 68.4 Å². The van der Waals surface area contributed by atoms with Gasteiger partial charge in [0.15, 0.2) is 0 Å². The average Bonchev–Trinajstić information content (AvgIpc) is 2.00. The summed E-state index contributed by atoms with van der Waals surface area (Å²) in [6, 6.07) is 0. The van der Waals surface area contributed by atoms with E-state index in [1.54, 1.807) is 0 Å². The number of imide groups is 1. The van der Waals surface area contributed by atoms with Crippen molar-refractivity contribution in [1.82, 2.24) is 9.80 Å². The van der Waals surface area contributed by atoms with E-state index in [-0.39, 0.29) is 13.1 Å². The molecule has 0 aromatic rings. The molecule has 1 heterocycles. The molecule has 0 saturated carbocycles. The summed E-state index contributed by atoms with van der Waals surface area (Å²) in [6.45, 7) is 0.313. The number of carbonyl (C=O) groups excluding carboxylic acids is 2. The zero-order valence-corrected chi connectivity index (χ0v) is 6.48. The molecule has 12 heavy (non-hydrogen) atoms. The van der Waals surface area contributed by atoms with Crippen molar-refractivity contribution in [3.05, 3.63) is 0 Å². The lowest BCUT2D eigenvalue weighted by Crippen LogP contribution is -2.54. The lowest BCUT2D eigenvalue weighted by Gasteiger charge is -2.27. The molecule has 0 spiro atoms. The Kier molecular flexibility index (Phi) is 1.99. The van der Waals surface area contributed by atoms with Crippen LogP contribution in [0.3, 0.4) is 0 Å². The van der Waals surface area contributed by atoms with Gasteiger partial charge in [0.2, 0.25) is 0 Å². The Morgan fingerprint density at radius 3 is 2.42 bits per heavy atom. The third-order valence-corrected chi connectivity index (χ3v) is 1.66. The maximum atomic E-state index is 10.9. The Morgan fingerprint density at radius 1 is 1.33 bits per heavy atom. The molecule has 1 aliphatic rings. The molecule has 1 saturated heterocycles. The van der Waals surface area contributed by atoms with E-state index in [9.17, 15) is 14.4 Å². The zero-order chi connectivity index (χ0) is 9.30. The molecule has 1 fully saturated rings. The van der Waals surface area contributed by atoms with Crippen molar-refractivity contribution in [2.24, 2.45) is 0 Å². The fraction of sp³-hybridized carbons (Fsp3) is 0.500. The number of piperazine rings is 1. The molecule has 66 valence electrons. The molecule has 0 aromatic carbocycles. The number of amides is 3. The minimum Gasteiger partial charge on any atom is -0.465 e. The second-order valence-corrected chi connectivity index (χ2v) is 2.47. The number of likely N-dealkylation sites (N-methyl/N-ethyl adjacent to an activating group) is 1. The third kappa shape index (κ3) is 1.23. The van der Waals surface area contributed by atoms with Crippen LogP contribution in [0.15, 0.2) is 0 Å². The molecule has 1 rings (SSSR count). The van der Waals surface area contributed by atoms with Crippen molar-refractivity contribution in [3.63, 3.8) is 0 Å². The Bertz CT molecular complexity index is 250. The molecule has 0 atom stereocenters. The van der Waals surface area contributed by atoms with E-state index in [0.717, 1.165) is 0 Å². The maximum Gasteiger partial charge on any atom is 0.414 e. The number of hydrogen-bond donors (Lipinski definition) is 1. The van der Waals surface area contributed by atoms with E-state index in [2.05, 4.69) is 0 Å². The van der Waals surface area contributed by atoms with Crippen molar-refractivity contribution >= 4 is 17.9 Å². The maximum absolute atomic E-state index is 10.9.